The molecular formula is C12H17NO. The molecule has 0 amide bonds. The van der Waals surface area contributed by atoms with Crippen molar-refractivity contribution in [2.75, 3.05) is 13.2 Å². The molecule has 0 aliphatic heterocycles. The maximum absolute atomic E-state index is 9.19. The lowest BCUT2D eigenvalue weighted by Crippen LogP contribution is -2.25. The van der Waals surface area contributed by atoms with Crippen LogP contribution in [0.3, 0.4) is 0 Å². The molecule has 0 unspecified atom stereocenters. The van der Waals surface area contributed by atoms with Crippen LogP contribution >= 0.6 is 0 Å². The molecule has 0 bridgehead atoms. The second-order valence-electron chi connectivity index (χ2n) is 3.18. The molecule has 1 aromatic carbocycles. The summed E-state index contributed by atoms with van der Waals surface area (Å²) in [7, 11) is 0. The van der Waals surface area contributed by atoms with E-state index in [1.807, 2.05) is 36.4 Å². The van der Waals surface area contributed by atoms with Gasteiger partial charge in [-0.1, -0.05) is 36.4 Å². The van der Waals surface area contributed by atoms with Gasteiger partial charge in [-0.25, -0.2) is 0 Å². The fraction of sp³-hybridized carbons (Fsp3) is 0.333. The molecule has 1 aromatic rings. The van der Waals surface area contributed by atoms with Crippen LogP contribution < -0.4 is 5.32 Å². The van der Waals surface area contributed by atoms with Gasteiger partial charge in [-0.05, 0) is 18.5 Å². The van der Waals surface area contributed by atoms with E-state index in [-0.39, 0.29) is 12.6 Å². The van der Waals surface area contributed by atoms with E-state index >= 15 is 0 Å². The van der Waals surface area contributed by atoms with Crippen molar-refractivity contribution in [2.45, 2.75) is 12.5 Å². The second kappa shape index (κ2) is 6.35. The minimum Gasteiger partial charge on any atom is -0.394 e. The number of aliphatic hydroxyl groups is 1. The average molecular weight is 191 g/mol. The molecule has 1 rings (SSSR count). The highest BCUT2D eigenvalue weighted by Gasteiger charge is 2.07. The number of aliphatic hydroxyl groups excluding tert-OH is 1. The Kier molecular flexibility index (Phi) is 4.97. The zero-order chi connectivity index (χ0) is 10.2. The SMILES string of the molecule is C=CCCN[C@@H](CO)c1ccccc1. The molecule has 0 aliphatic carbocycles. The van der Waals surface area contributed by atoms with Crippen LogP contribution in [0.2, 0.25) is 0 Å². The molecular weight excluding hydrogens is 174 g/mol. The van der Waals surface area contributed by atoms with Crippen LogP contribution in [0.4, 0.5) is 0 Å². The monoisotopic (exact) mass is 191 g/mol. The van der Waals surface area contributed by atoms with Gasteiger partial charge in [-0.3, -0.25) is 0 Å². The van der Waals surface area contributed by atoms with Crippen molar-refractivity contribution in [1.29, 1.82) is 0 Å². The van der Waals surface area contributed by atoms with Crippen LogP contribution in [0, 0.1) is 0 Å². The van der Waals surface area contributed by atoms with Gasteiger partial charge in [-0.2, -0.15) is 0 Å². The van der Waals surface area contributed by atoms with Gasteiger partial charge in [0, 0.05) is 0 Å². The van der Waals surface area contributed by atoms with E-state index in [2.05, 4.69) is 11.9 Å². The van der Waals surface area contributed by atoms with E-state index in [9.17, 15) is 5.11 Å². The standard InChI is InChI=1S/C12H17NO/c1-2-3-9-13-12(10-14)11-7-5-4-6-8-11/h2,4-8,12-14H,1,3,9-10H2/t12-/m0/s1. The van der Waals surface area contributed by atoms with Crippen LogP contribution in [0.1, 0.15) is 18.0 Å². The van der Waals surface area contributed by atoms with E-state index in [1.165, 1.54) is 0 Å². The number of rotatable bonds is 6. The third-order valence-electron chi connectivity index (χ3n) is 2.12. The summed E-state index contributed by atoms with van der Waals surface area (Å²) >= 11 is 0. The van der Waals surface area contributed by atoms with E-state index in [4.69, 9.17) is 0 Å². The van der Waals surface area contributed by atoms with Crippen LogP contribution in [-0.2, 0) is 0 Å². The topological polar surface area (TPSA) is 32.3 Å². The van der Waals surface area contributed by atoms with Crippen molar-refractivity contribution in [1.82, 2.24) is 5.32 Å². The largest absolute Gasteiger partial charge is 0.394 e. The summed E-state index contributed by atoms with van der Waals surface area (Å²) in [6.45, 7) is 4.63. The van der Waals surface area contributed by atoms with Gasteiger partial charge in [0.2, 0.25) is 0 Å². The molecule has 0 aromatic heterocycles. The average Bonchev–Trinajstić information content (AvgIpc) is 2.26. The molecule has 1 atom stereocenters. The summed E-state index contributed by atoms with van der Waals surface area (Å²) in [5, 5.41) is 12.5. The Labute approximate surface area is 85.3 Å². The smallest absolute Gasteiger partial charge is 0.0626 e. The highest BCUT2D eigenvalue weighted by molar-refractivity contribution is 5.18. The Morgan fingerprint density at radius 1 is 1.36 bits per heavy atom. The first-order chi connectivity index (χ1) is 6.88. The minimum atomic E-state index is 0.0381. The Balaban J connectivity index is 2.50. The van der Waals surface area contributed by atoms with Crippen LogP contribution in [0.5, 0.6) is 0 Å². The molecule has 14 heavy (non-hydrogen) atoms. The molecule has 0 saturated carbocycles. The fourth-order valence-electron chi connectivity index (χ4n) is 1.33. The number of benzene rings is 1. The van der Waals surface area contributed by atoms with Crippen molar-refractivity contribution in [3.8, 4) is 0 Å². The first-order valence-electron chi connectivity index (χ1n) is 4.88. The van der Waals surface area contributed by atoms with E-state index in [0.29, 0.717) is 0 Å². The van der Waals surface area contributed by atoms with Crippen molar-refractivity contribution in [2.24, 2.45) is 0 Å². The molecule has 0 radical (unpaired) electrons. The lowest BCUT2D eigenvalue weighted by Gasteiger charge is -2.15. The highest BCUT2D eigenvalue weighted by Crippen LogP contribution is 2.10. The van der Waals surface area contributed by atoms with Crippen molar-refractivity contribution < 1.29 is 5.11 Å². The van der Waals surface area contributed by atoms with Gasteiger partial charge in [0.25, 0.3) is 0 Å². The number of nitrogens with one attached hydrogen (secondary N) is 1. The van der Waals surface area contributed by atoms with E-state index in [0.717, 1.165) is 18.5 Å². The van der Waals surface area contributed by atoms with Gasteiger partial charge in [0.15, 0.2) is 0 Å². The third kappa shape index (κ3) is 3.32. The van der Waals surface area contributed by atoms with Gasteiger partial charge >= 0.3 is 0 Å². The van der Waals surface area contributed by atoms with Gasteiger partial charge < -0.3 is 10.4 Å². The quantitative estimate of drug-likeness (QED) is 0.531. The molecule has 2 nitrogen and oxygen atoms in total. The maximum Gasteiger partial charge on any atom is 0.0626 e. The summed E-state index contributed by atoms with van der Waals surface area (Å²) < 4.78 is 0. The molecule has 0 spiro atoms. The summed E-state index contributed by atoms with van der Waals surface area (Å²) in [4.78, 5) is 0. The van der Waals surface area contributed by atoms with Crippen LogP contribution in [-0.4, -0.2) is 18.3 Å². The summed E-state index contributed by atoms with van der Waals surface area (Å²) in [5.74, 6) is 0. The predicted octanol–water partition coefficient (Wildman–Crippen LogP) is 1.89. The molecule has 0 fully saturated rings. The van der Waals surface area contributed by atoms with Crippen LogP contribution in [0.25, 0.3) is 0 Å². The third-order valence-corrected chi connectivity index (χ3v) is 2.12. The zero-order valence-corrected chi connectivity index (χ0v) is 8.32. The molecule has 0 saturated heterocycles. The van der Waals surface area contributed by atoms with Crippen molar-refractivity contribution in [3.05, 3.63) is 48.6 Å². The highest BCUT2D eigenvalue weighted by atomic mass is 16.3. The summed E-state index contributed by atoms with van der Waals surface area (Å²) in [6, 6.07) is 10.0. The number of hydrogen-bond acceptors (Lipinski definition) is 2. The zero-order valence-electron chi connectivity index (χ0n) is 8.32. The normalized spacial score (nSPS) is 12.4. The van der Waals surface area contributed by atoms with E-state index < -0.39 is 0 Å². The van der Waals surface area contributed by atoms with E-state index in [1.54, 1.807) is 0 Å². The first-order valence-corrected chi connectivity index (χ1v) is 4.88. The Bertz CT molecular complexity index is 258. The lowest BCUT2D eigenvalue weighted by molar-refractivity contribution is 0.245. The van der Waals surface area contributed by atoms with Crippen molar-refractivity contribution in [3.63, 3.8) is 0 Å². The Morgan fingerprint density at radius 3 is 2.64 bits per heavy atom. The molecule has 2 N–H and O–H groups in total. The molecule has 0 heterocycles. The molecule has 0 aliphatic rings. The number of hydrogen-bond donors (Lipinski definition) is 2. The second-order valence-corrected chi connectivity index (χ2v) is 3.18. The summed E-state index contributed by atoms with van der Waals surface area (Å²) in [6.07, 6.45) is 2.79. The minimum absolute atomic E-state index is 0.0381. The predicted molar refractivity (Wildman–Crippen MR) is 59.1 cm³/mol. The van der Waals surface area contributed by atoms with Gasteiger partial charge in [0.05, 0.1) is 12.6 Å². The van der Waals surface area contributed by atoms with Crippen molar-refractivity contribution >= 4 is 0 Å². The molecule has 76 valence electrons. The molecule has 2 heteroatoms. The fourth-order valence-corrected chi connectivity index (χ4v) is 1.33. The Morgan fingerprint density at radius 2 is 2.07 bits per heavy atom. The van der Waals surface area contributed by atoms with Crippen LogP contribution in [0.15, 0.2) is 43.0 Å². The summed E-state index contributed by atoms with van der Waals surface area (Å²) in [5.41, 5.74) is 1.12. The lowest BCUT2D eigenvalue weighted by atomic mass is 10.1. The maximum atomic E-state index is 9.19. The van der Waals surface area contributed by atoms with Gasteiger partial charge in [-0.15, -0.1) is 6.58 Å². The van der Waals surface area contributed by atoms with Gasteiger partial charge in [0.1, 0.15) is 0 Å². The first kappa shape index (κ1) is 11.0. The Hall–Kier alpha value is -1.12.